The van der Waals surface area contributed by atoms with Crippen LogP contribution in [-0.4, -0.2) is 11.0 Å². The molecule has 0 saturated heterocycles. The Hall–Kier alpha value is -0.640. The van der Waals surface area contributed by atoms with Gasteiger partial charge in [0.2, 0.25) is 0 Å². The summed E-state index contributed by atoms with van der Waals surface area (Å²) in [6, 6.07) is 5.99. The highest BCUT2D eigenvalue weighted by atomic mass is 35.5. The smallest absolute Gasteiger partial charge is 0.0954 e. The van der Waals surface area contributed by atoms with Crippen molar-refractivity contribution in [3.8, 4) is 0 Å². The minimum Gasteiger partial charge on any atom is -0.327 e. The van der Waals surface area contributed by atoms with Gasteiger partial charge in [-0.1, -0.05) is 38.4 Å². The van der Waals surface area contributed by atoms with Gasteiger partial charge in [-0.3, -0.25) is 0 Å². The van der Waals surface area contributed by atoms with Crippen LogP contribution in [0.25, 0.3) is 10.2 Å². The summed E-state index contributed by atoms with van der Waals surface area (Å²) in [5.74, 6) is 0. The summed E-state index contributed by atoms with van der Waals surface area (Å²) < 4.78 is 1.07. The maximum absolute atomic E-state index is 6.19. The fourth-order valence-electron chi connectivity index (χ4n) is 2.13. The van der Waals surface area contributed by atoms with Gasteiger partial charge in [-0.25, -0.2) is 4.98 Å². The Morgan fingerprint density at radius 3 is 2.72 bits per heavy atom. The molecule has 0 aliphatic carbocycles. The highest BCUT2D eigenvalue weighted by Gasteiger charge is 2.17. The molecule has 1 heterocycles. The molecule has 1 aromatic carbocycles. The van der Waals surface area contributed by atoms with E-state index in [1.807, 2.05) is 18.2 Å². The lowest BCUT2D eigenvalue weighted by Crippen LogP contribution is -2.28. The van der Waals surface area contributed by atoms with E-state index in [4.69, 9.17) is 17.3 Å². The van der Waals surface area contributed by atoms with E-state index < -0.39 is 0 Å². The van der Waals surface area contributed by atoms with Gasteiger partial charge in [0, 0.05) is 12.5 Å². The van der Waals surface area contributed by atoms with Crippen molar-refractivity contribution in [2.75, 3.05) is 0 Å². The minimum absolute atomic E-state index is 0.157. The molecule has 2 nitrogen and oxygen atoms in total. The molecule has 0 aliphatic heterocycles. The predicted molar refractivity (Wildman–Crippen MR) is 80.4 cm³/mol. The normalized spacial score (nSPS) is 14.1. The number of halogens is 1. The number of hydrogen-bond acceptors (Lipinski definition) is 3. The molecule has 0 aliphatic rings. The van der Waals surface area contributed by atoms with E-state index in [0.29, 0.717) is 0 Å². The van der Waals surface area contributed by atoms with Crippen molar-refractivity contribution in [2.45, 2.75) is 39.7 Å². The van der Waals surface area contributed by atoms with Crippen molar-refractivity contribution in [3.05, 3.63) is 28.2 Å². The van der Waals surface area contributed by atoms with Gasteiger partial charge in [-0.05, 0) is 24.0 Å². The SMILES string of the molecule is CC(C)(C)CC(N)Cc1nc2cccc(Cl)c2s1. The van der Waals surface area contributed by atoms with E-state index in [1.165, 1.54) is 0 Å². The summed E-state index contributed by atoms with van der Waals surface area (Å²) in [6.07, 6.45) is 1.82. The number of aromatic nitrogens is 1. The van der Waals surface area contributed by atoms with Crippen LogP contribution in [-0.2, 0) is 6.42 Å². The predicted octanol–water partition coefficient (Wildman–Crippen LogP) is 4.26. The number of nitrogens with two attached hydrogens (primary N) is 1. The van der Waals surface area contributed by atoms with Gasteiger partial charge in [0.1, 0.15) is 0 Å². The second kappa shape index (κ2) is 5.16. The van der Waals surface area contributed by atoms with E-state index in [9.17, 15) is 0 Å². The summed E-state index contributed by atoms with van der Waals surface area (Å²) in [5, 5.41) is 1.86. The summed E-state index contributed by atoms with van der Waals surface area (Å²) in [5.41, 5.74) is 7.42. The highest BCUT2D eigenvalue weighted by Crippen LogP contribution is 2.30. The lowest BCUT2D eigenvalue weighted by atomic mass is 9.87. The highest BCUT2D eigenvalue weighted by molar-refractivity contribution is 7.19. The molecule has 2 N–H and O–H groups in total. The molecular formula is C14H19ClN2S. The number of thiazole rings is 1. The number of hydrogen-bond donors (Lipinski definition) is 1. The van der Waals surface area contributed by atoms with Gasteiger partial charge in [-0.15, -0.1) is 11.3 Å². The van der Waals surface area contributed by atoms with Gasteiger partial charge in [0.25, 0.3) is 0 Å². The second-order valence-corrected chi connectivity index (χ2v) is 7.42. The summed E-state index contributed by atoms with van der Waals surface area (Å²) >= 11 is 7.81. The fourth-order valence-corrected chi connectivity index (χ4v) is 3.48. The van der Waals surface area contributed by atoms with Crippen LogP contribution in [0.15, 0.2) is 18.2 Å². The molecular weight excluding hydrogens is 264 g/mol. The van der Waals surface area contributed by atoms with Crippen molar-refractivity contribution in [1.82, 2.24) is 4.98 Å². The monoisotopic (exact) mass is 282 g/mol. The molecule has 0 bridgehead atoms. The third-order valence-corrected chi connectivity index (χ3v) is 4.28. The molecule has 0 saturated carbocycles. The van der Waals surface area contributed by atoms with Gasteiger partial charge >= 0.3 is 0 Å². The van der Waals surface area contributed by atoms with Gasteiger partial charge in [0.05, 0.1) is 20.2 Å². The summed E-state index contributed by atoms with van der Waals surface area (Å²) in [6.45, 7) is 6.63. The lowest BCUT2D eigenvalue weighted by Gasteiger charge is -2.22. The standard InChI is InChI=1S/C14H19ClN2S/c1-14(2,3)8-9(16)7-12-17-11-6-4-5-10(15)13(11)18-12/h4-6,9H,7-8,16H2,1-3H3. The van der Waals surface area contributed by atoms with Crippen LogP contribution in [0.4, 0.5) is 0 Å². The molecule has 1 atom stereocenters. The zero-order valence-electron chi connectivity index (χ0n) is 11.0. The number of nitrogens with zero attached hydrogens (tertiary/aromatic N) is 1. The second-order valence-electron chi connectivity index (χ2n) is 5.92. The largest absolute Gasteiger partial charge is 0.327 e. The third kappa shape index (κ3) is 3.44. The van der Waals surface area contributed by atoms with E-state index in [1.54, 1.807) is 11.3 Å². The Bertz CT molecular complexity index is 542. The Balaban J connectivity index is 2.15. The van der Waals surface area contributed by atoms with Crippen LogP contribution in [0.5, 0.6) is 0 Å². The molecule has 98 valence electrons. The maximum Gasteiger partial charge on any atom is 0.0954 e. The van der Waals surface area contributed by atoms with Gasteiger partial charge in [-0.2, -0.15) is 0 Å². The van der Waals surface area contributed by atoms with Gasteiger partial charge in [0.15, 0.2) is 0 Å². The van der Waals surface area contributed by atoms with Crippen LogP contribution in [0.3, 0.4) is 0 Å². The molecule has 0 radical (unpaired) electrons. The molecule has 4 heteroatoms. The average molecular weight is 283 g/mol. The van der Waals surface area contributed by atoms with E-state index in [-0.39, 0.29) is 11.5 Å². The Morgan fingerprint density at radius 2 is 2.11 bits per heavy atom. The van der Waals surface area contributed by atoms with E-state index >= 15 is 0 Å². The number of fused-ring (bicyclic) bond motifs is 1. The molecule has 0 fully saturated rings. The van der Waals surface area contributed by atoms with Crippen molar-refractivity contribution in [1.29, 1.82) is 0 Å². The number of rotatable bonds is 3. The van der Waals surface area contributed by atoms with Crippen LogP contribution in [0.2, 0.25) is 5.02 Å². The average Bonchev–Trinajstić information content (AvgIpc) is 2.58. The summed E-state index contributed by atoms with van der Waals surface area (Å²) in [4.78, 5) is 4.60. The van der Waals surface area contributed by atoms with Crippen molar-refractivity contribution < 1.29 is 0 Å². The Morgan fingerprint density at radius 1 is 1.39 bits per heavy atom. The minimum atomic E-state index is 0.157. The van der Waals surface area contributed by atoms with Crippen molar-refractivity contribution >= 4 is 33.2 Å². The van der Waals surface area contributed by atoms with E-state index in [0.717, 1.165) is 33.1 Å². The Labute approximate surface area is 117 Å². The quantitative estimate of drug-likeness (QED) is 0.914. The van der Waals surface area contributed by atoms with Gasteiger partial charge < -0.3 is 5.73 Å². The molecule has 1 aromatic heterocycles. The first-order valence-electron chi connectivity index (χ1n) is 6.15. The molecule has 0 amide bonds. The first kappa shape index (κ1) is 13.8. The van der Waals surface area contributed by atoms with Crippen molar-refractivity contribution in [2.24, 2.45) is 11.1 Å². The molecule has 0 spiro atoms. The zero-order chi connectivity index (χ0) is 13.3. The lowest BCUT2D eigenvalue weighted by molar-refractivity contribution is 0.338. The molecule has 18 heavy (non-hydrogen) atoms. The van der Waals surface area contributed by atoms with E-state index in [2.05, 4.69) is 25.8 Å². The van der Waals surface area contributed by atoms with Crippen molar-refractivity contribution in [3.63, 3.8) is 0 Å². The topological polar surface area (TPSA) is 38.9 Å². The molecule has 2 aromatic rings. The van der Waals surface area contributed by atoms with Crippen LogP contribution in [0, 0.1) is 5.41 Å². The summed E-state index contributed by atoms with van der Waals surface area (Å²) in [7, 11) is 0. The fraction of sp³-hybridized carbons (Fsp3) is 0.500. The molecule has 1 unspecified atom stereocenters. The van der Waals surface area contributed by atoms with Crippen LogP contribution >= 0.6 is 22.9 Å². The van der Waals surface area contributed by atoms with Crippen LogP contribution in [0.1, 0.15) is 32.2 Å². The maximum atomic E-state index is 6.19. The first-order valence-corrected chi connectivity index (χ1v) is 7.34. The zero-order valence-corrected chi connectivity index (χ0v) is 12.6. The number of benzene rings is 1. The molecule has 2 rings (SSSR count). The van der Waals surface area contributed by atoms with Crippen LogP contribution < -0.4 is 5.73 Å². The first-order chi connectivity index (χ1) is 8.35. The Kier molecular flexibility index (Phi) is 3.95. The third-order valence-electron chi connectivity index (χ3n) is 2.72.